The van der Waals surface area contributed by atoms with Crippen molar-refractivity contribution in [2.45, 2.75) is 6.10 Å². The molecule has 0 spiro atoms. The monoisotopic (exact) mass is 423 g/mol. The Kier molecular flexibility index (Phi) is 7.73. The molecule has 0 bridgehead atoms. The van der Waals surface area contributed by atoms with E-state index >= 15 is 0 Å². The van der Waals surface area contributed by atoms with E-state index in [0.717, 1.165) is 5.75 Å². The number of amides is 1. The molecular formula is C24H25NO6. The number of hydrogen-bond donors (Lipinski definition) is 2. The quantitative estimate of drug-likeness (QED) is 0.517. The number of ether oxygens (including phenoxy) is 4. The van der Waals surface area contributed by atoms with E-state index in [1.807, 2.05) is 30.3 Å². The lowest BCUT2D eigenvalue weighted by Gasteiger charge is -2.16. The predicted octanol–water partition coefficient (Wildman–Crippen LogP) is 3.72. The van der Waals surface area contributed by atoms with Gasteiger partial charge in [0.15, 0.2) is 6.61 Å². The molecule has 0 radical (unpaired) electrons. The highest BCUT2D eigenvalue weighted by Crippen LogP contribution is 2.29. The van der Waals surface area contributed by atoms with Crippen LogP contribution in [0.1, 0.15) is 11.7 Å². The summed E-state index contributed by atoms with van der Waals surface area (Å²) < 4.78 is 21.7. The van der Waals surface area contributed by atoms with Gasteiger partial charge < -0.3 is 29.4 Å². The molecule has 0 aliphatic carbocycles. The van der Waals surface area contributed by atoms with E-state index in [-0.39, 0.29) is 19.1 Å². The Morgan fingerprint density at radius 1 is 0.871 bits per heavy atom. The largest absolute Gasteiger partial charge is 0.497 e. The van der Waals surface area contributed by atoms with Crippen LogP contribution in [-0.2, 0) is 4.79 Å². The fraction of sp³-hybridized carbons (Fsp3) is 0.208. The molecule has 3 aromatic rings. The standard InChI is InChI=1S/C24H25NO6/c1-28-20-12-13-23(29-2)21(14-20)22(26)15-25-24(27)16-30-17-8-10-19(11-9-17)31-18-6-4-3-5-7-18/h3-14,22,26H,15-16H2,1-2H3,(H,25,27). The summed E-state index contributed by atoms with van der Waals surface area (Å²) in [5.41, 5.74) is 0.525. The van der Waals surface area contributed by atoms with Crippen molar-refractivity contribution in [3.8, 4) is 28.7 Å². The number of nitrogens with one attached hydrogen (secondary N) is 1. The molecular weight excluding hydrogens is 398 g/mol. The summed E-state index contributed by atoms with van der Waals surface area (Å²) in [7, 11) is 3.05. The van der Waals surface area contributed by atoms with E-state index in [1.165, 1.54) is 14.2 Å². The number of aliphatic hydroxyl groups is 1. The van der Waals surface area contributed by atoms with Gasteiger partial charge in [0.1, 0.15) is 28.7 Å². The van der Waals surface area contributed by atoms with Crippen molar-refractivity contribution in [2.24, 2.45) is 0 Å². The van der Waals surface area contributed by atoms with Crippen molar-refractivity contribution in [1.29, 1.82) is 0 Å². The van der Waals surface area contributed by atoms with Crippen LogP contribution in [0.3, 0.4) is 0 Å². The Balaban J connectivity index is 1.47. The minimum atomic E-state index is -0.955. The van der Waals surface area contributed by atoms with Gasteiger partial charge in [-0.3, -0.25) is 4.79 Å². The molecule has 0 heterocycles. The third kappa shape index (κ3) is 6.38. The van der Waals surface area contributed by atoms with Crippen molar-refractivity contribution in [1.82, 2.24) is 5.32 Å². The lowest BCUT2D eigenvalue weighted by Crippen LogP contribution is -2.32. The van der Waals surface area contributed by atoms with Gasteiger partial charge in [0.05, 0.1) is 20.3 Å². The maximum absolute atomic E-state index is 12.1. The zero-order valence-corrected chi connectivity index (χ0v) is 17.4. The number of para-hydroxylation sites is 1. The number of rotatable bonds is 10. The fourth-order valence-corrected chi connectivity index (χ4v) is 2.85. The first-order valence-corrected chi connectivity index (χ1v) is 9.71. The molecule has 0 aromatic heterocycles. The first-order chi connectivity index (χ1) is 15.1. The van der Waals surface area contributed by atoms with Gasteiger partial charge in [-0.15, -0.1) is 0 Å². The number of methoxy groups -OCH3 is 2. The van der Waals surface area contributed by atoms with Gasteiger partial charge in [0.2, 0.25) is 0 Å². The zero-order valence-electron chi connectivity index (χ0n) is 17.4. The second-order valence-corrected chi connectivity index (χ2v) is 6.60. The van der Waals surface area contributed by atoms with E-state index in [0.29, 0.717) is 28.6 Å². The molecule has 1 unspecified atom stereocenters. The summed E-state index contributed by atoms with van der Waals surface area (Å²) in [6.45, 7) is -0.170. The van der Waals surface area contributed by atoms with E-state index in [9.17, 15) is 9.90 Å². The minimum absolute atomic E-state index is 0.00950. The number of carbonyl (C=O) groups excluding carboxylic acids is 1. The molecule has 0 aliphatic heterocycles. The summed E-state index contributed by atoms with van der Waals surface area (Å²) >= 11 is 0. The molecule has 7 heteroatoms. The van der Waals surface area contributed by atoms with Gasteiger partial charge in [0.25, 0.3) is 5.91 Å². The summed E-state index contributed by atoms with van der Waals surface area (Å²) in [6, 6.07) is 21.5. The third-order valence-corrected chi connectivity index (χ3v) is 4.46. The Labute approximate surface area is 181 Å². The highest BCUT2D eigenvalue weighted by atomic mass is 16.5. The van der Waals surface area contributed by atoms with E-state index in [2.05, 4.69) is 5.32 Å². The number of hydrogen-bond acceptors (Lipinski definition) is 6. The highest BCUT2D eigenvalue weighted by Gasteiger charge is 2.16. The van der Waals surface area contributed by atoms with Crippen LogP contribution in [0.15, 0.2) is 72.8 Å². The molecule has 1 amide bonds. The first-order valence-electron chi connectivity index (χ1n) is 9.71. The maximum atomic E-state index is 12.1. The minimum Gasteiger partial charge on any atom is -0.497 e. The SMILES string of the molecule is COc1ccc(OC)c(C(O)CNC(=O)COc2ccc(Oc3ccccc3)cc2)c1. The molecule has 2 N–H and O–H groups in total. The maximum Gasteiger partial charge on any atom is 0.258 e. The second-order valence-electron chi connectivity index (χ2n) is 6.60. The van der Waals surface area contributed by atoms with Crippen LogP contribution in [0.25, 0.3) is 0 Å². The number of aliphatic hydroxyl groups excluding tert-OH is 1. The van der Waals surface area contributed by atoms with Gasteiger partial charge in [-0.05, 0) is 54.6 Å². The molecule has 3 aromatic carbocycles. The van der Waals surface area contributed by atoms with Crippen molar-refractivity contribution in [2.75, 3.05) is 27.4 Å². The van der Waals surface area contributed by atoms with Crippen molar-refractivity contribution >= 4 is 5.91 Å². The van der Waals surface area contributed by atoms with Gasteiger partial charge in [0, 0.05) is 12.1 Å². The highest BCUT2D eigenvalue weighted by molar-refractivity contribution is 5.77. The summed E-state index contributed by atoms with van der Waals surface area (Å²) in [4.78, 5) is 12.1. The Morgan fingerprint density at radius 3 is 2.19 bits per heavy atom. The fourth-order valence-electron chi connectivity index (χ4n) is 2.85. The van der Waals surface area contributed by atoms with Crippen molar-refractivity contribution in [3.05, 3.63) is 78.4 Å². The van der Waals surface area contributed by atoms with E-state index < -0.39 is 6.10 Å². The molecule has 0 saturated heterocycles. The zero-order chi connectivity index (χ0) is 22.1. The average molecular weight is 423 g/mol. The normalized spacial score (nSPS) is 11.3. The Morgan fingerprint density at radius 2 is 1.52 bits per heavy atom. The van der Waals surface area contributed by atoms with Gasteiger partial charge in [-0.2, -0.15) is 0 Å². The third-order valence-electron chi connectivity index (χ3n) is 4.46. The van der Waals surface area contributed by atoms with Crippen LogP contribution in [0.5, 0.6) is 28.7 Å². The van der Waals surface area contributed by atoms with Crippen molar-refractivity contribution < 1.29 is 28.8 Å². The lowest BCUT2D eigenvalue weighted by atomic mass is 10.1. The first kappa shape index (κ1) is 22.0. The van der Waals surface area contributed by atoms with Gasteiger partial charge >= 0.3 is 0 Å². The summed E-state index contributed by atoms with van der Waals surface area (Å²) in [5.74, 6) is 2.68. The second kappa shape index (κ2) is 10.9. The molecule has 0 saturated carbocycles. The van der Waals surface area contributed by atoms with Crippen molar-refractivity contribution in [3.63, 3.8) is 0 Å². The molecule has 162 valence electrons. The van der Waals surface area contributed by atoms with Gasteiger partial charge in [-0.1, -0.05) is 18.2 Å². The molecule has 0 fully saturated rings. The Bertz CT molecular complexity index is 975. The smallest absolute Gasteiger partial charge is 0.258 e. The lowest BCUT2D eigenvalue weighted by molar-refractivity contribution is -0.123. The topological polar surface area (TPSA) is 86.2 Å². The molecule has 3 rings (SSSR count). The summed E-state index contributed by atoms with van der Waals surface area (Å²) in [5, 5.41) is 13.1. The molecule has 7 nitrogen and oxygen atoms in total. The van der Waals surface area contributed by atoms with Gasteiger partial charge in [-0.25, -0.2) is 0 Å². The molecule has 0 aliphatic rings. The van der Waals surface area contributed by atoms with Crippen LogP contribution < -0.4 is 24.3 Å². The summed E-state index contributed by atoms with van der Waals surface area (Å²) in [6.07, 6.45) is -0.955. The molecule has 1 atom stereocenters. The number of benzene rings is 3. The van der Waals surface area contributed by atoms with E-state index in [1.54, 1.807) is 42.5 Å². The van der Waals surface area contributed by atoms with Crippen LogP contribution in [0, 0.1) is 0 Å². The molecule has 31 heavy (non-hydrogen) atoms. The Hall–Kier alpha value is -3.71. The van der Waals surface area contributed by atoms with Crippen LogP contribution in [0.2, 0.25) is 0 Å². The van der Waals surface area contributed by atoms with E-state index in [4.69, 9.17) is 18.9 Å². The van der Waals surface area contributed by atoms with Crippen LogP contribution in [0.4, 0.5) is 0 Å². The van der Waals surface area contributed by atoms with Crippen LogP contribution >= 0.6 is 0 Å². The predicted molar refractivity (Wildman–Crippen MR) is 116 cm³/mol. The van der Waals surface area contributed by atoms with Crippen LogP contribution in [-0.4, -0.2) is 38.4 Å². The average Bonchev–Trinajstić information content (AvgIpc) is 2.82. The number of carbonyl (C=O) groups is 1.